The minimum atomic E-state index is -1.16. The predicted octanol–water partition coefficient (Wildman–Crippen LogP) is -0.375. The van der Waals surface area contributed by atoms with Gasteiger partial charge in [0.05, 0.1) is 0 Å². The van der Waals surface area contributed by atoms with Crippen LogP contribution in [0.1, 0.15) is 19.8 Å². The normalized spacial score (nSPS) is 14.4. The molecule has 0 aromatic rings. The largest absolute Gasteiger partial charge is 0.385 e. The quantitative estimate of drug-likeness (QED) is 0.547. The van der Waals surface area contributed by atoms with Gasteiger partial charge in [-0.2, -0.15) is 0 Å². The van der Waals surface area contributed by atoms with Gasteiger partial charge in [-0.25, -0.2) is 0 Å². The molecule has 1 amide bonds. The number of hydrogen-bond acceptors (Lipinski definition) is 4. The highest BCUT2D eigenvalue weighted by Crippen LogP contribution is 1.91. The molecular weight excluding hydrogens is 228 g/mol. The van der Waals surface area contributed by atoms with Crippen molar-refractivity contribution in [3.8, 4) is 0 Å². The number of hydrogen-bond donors (Lipinski definition) is 2. The van der Waals surface area contributed by atoms with Crippen LogP contribution in [0.3, 0.4) is 0 Å². The summed E-state index contributed by atoms with van der Waals surface area (Å²) in [4.78, 5) is 11.3. The number of amides is 1. The lowest BCUT2D eigenvalue weighted by atomic mass is 10.3. The monoisotopic (exact) mass is 250 g/mol. The fraction of sp³-hybridized carbons (Fsp3) is 0.900. The van der Waals surface area contributed by atoms with Crippen LogP contribution in [0.4, 0.5) is 0 Å². The Bertz CT molecular complexity index is 224. The molecule has 0 saturated heterocycles. The van der Waals surface area contributed by atoms with E-state index in [4.69, 9.17) is 10.5 Å². The molecule has 0 aliphatic heterocycles. The Labute approximate surface area is 99.6 Å². The van der Waals surface area contributed by atoms with Crippen molar-refractivity contribution in [3.63, 3.8) is 0 Å². The zero-order valence-corrected chi connectivity index (χ0v) is 10.8. The van der Waals surface area contributed by atoms with Crippen LogP contribution in [0.25, 0.3) is 0 Å². The van der Waals surface area contributed by atoms with Crippen LogP contribution in [0, 0.1) is 0 Å². The Morgan fingerprint density at radius 2 is 2.25 bits per heavy atom. The highest BCUT2D eigenvalue weighted by atomic mass is 32.2. The third kappa shape index (κ3) is 8.82. The molecule has 0 aromatic heterocycles. The van der Waals surface area contributed by atoms with E-state index in [2.05, 4.69) is 5.32 Å². The van der Waals surface area contributed by atoms with Gasteiger partial charge in [0.15, 0.2) is 0 Å². The average Bonchev–Trinajstić information content (AvgIpc) is 2.24. The van der Waals surface area contributed by atoms with Crippen LogP contribution in [0.5, 0.6) is 0 Å². The van der Waals surface area contributed by atoms with E-state index in [-0.39, 0.29) is 17.7 Å². The molecule has 2 atom stereocenters. The Balaban J connectivity index is 3.58. The third-order valence-electron chi connectivity index (χ3n) is 2.06. The Morgan fingerprint density at radius 1 is 1.56 bits per heavy atom. The van der Waals surface area contributed by atoms with Crippen LogP contribution >= 0.6 is 0 Å². The molecule has 3 N–H and O–H groups in total. The van der Waals surface area contributed by atoms with Crippen molar-refractivity contribution in [1.29, 1.82) is 0 Å². The van der Waals surface area contributed by atoms with Crippen molar-refractivity contribution in [2.75, 3.05) is 31.8 Å². The summed E-state index contributed by atoms with van der Waals surface area (Å²) in [6.45, 7) is 3.11. The third-order valence-corrected chi connectivity index (χ3v) is 3.45. The summed E-state index contributed by atoms with van der Waals surface area (Å²) in [6.07, 6.45) is 1.55. The molecule has 6 heteroatoms. The first-order valence-corrected chi connectivity index (χ1v) is 6.95. The molecule has 0 aliphatic carbocycles. The molecule has 0 fully saturated rings. The van der Waals surface area contributed by atoms with Gasteiger partial charge in [-0.3, -0.25) is 9.00 Å². The number of carbonyl (C=O) groups is 1. The van der Waals surface area contributed by atoms with Crippen LogP contribution in [0.15, 0.2) is 0 Å². The molecule has 0 radical (unpaired) electrons. The Kier molecular flexibility index (Phi) is 9.46. The topological polar surface area (TPSA) is 81.4 Å². The van der Waals surface area contributed by atoms with Crippen LogP contribution in [-0.4, -0.2) is 47.9 Å². The SMILES string of the molecule is CCC(N)CS(=O)CC(=O)NCCCOC. The lowest BCUT2D eigenvalue weighted by Crippen LogP contribution is -2.33. The number of nitrogens with one attached hydrogen (secondary N) is 1. The zero-order chi connectivity index (χ0) is 12.4. The van der Waals surface area contributed by atoms with Gasteiger partial charge >= 0.3 is 0 Å². The molecule has 0 aromatic carbocycles. The van der Waals surface area contributed by atoms with Crippen LogP contribution < -0.4 is 11.1 Å². The first kappa shape index (κ1) is 15.5. The van der Waals surface area contributed by atoms with E-state index in [0.717, 1.165) is 12.8 Å². The van der Waals surface area contributed by atoms with Gasteiger partial charge in [-0.15, -0.1) is 0 Å². The maximum Gasteiger partial charge on any atom is 0.232 e. The van der Waals surface area contributed by atoms with Crippen LogP contribution in [-0.2, 0) is 20.3 Å². The molecule has 2 unspecified atom stereocenters. The second-order valence-electron chi connectivity index (χ2n) is 3.62. The van der Waals surface area contributed by atoms with E-state index in [9.17, 15) is 9.00 Å². The second kappa shape index (κ2) is 9.74. The highest BCUT2D eigenvalue weighted by Gasteiger charge is 2.10. The average molecular weight is 250 g/mol. The maximum absolute atomic E-state index is 11.5. The van der Waals surface area contributed by atoms with Gasteiger partial charge in [0.1, 0.15) is 5.75 Å². The van der Waals surface area contributed by atoms with Crippen molar-refractivity contribution in [1.82, 2.24) is 5.32 Å². The van der Waals surface area contributed by atoms with Crippen molar-refractivity contribution >= 4 is 16.7 Å². The Morgan fingerprint density at radius 3 is 2.81 bits per heavy atom. The smallest absolute Gasteiger partial charge is 0.232 e. The van der Waals surface area contributed by atoms with E-state index in [1.807, 2.05) is 6.92 Å². The summed E-state index contributed by atoms with van der Waals surface area (Å²) in [5.74, 6) is 0.251. The molecule has 0 spiro atoms. The summed E-state index contributed by atoms with van der Waals surface area (Å²) in [7, 11) is 0.459. The lowest BCUT2D eigenvalue weighted by Gasteiger charge is -2.08. The predicted molar refractivity (Wildman–Crippen MR) is 65.6 cm³/mol. The van der Waals surface area contributed by atoms with E-state index in [0.29, 0.717) is 18.9 Å². The molecule has 0 aliphatic rings. The summed E-state index contributed by atoms with van der Waals surface area (Å²) in [5, 5.41) is 2.69. The number of methoxy groups -OCH3 is 1. The van der Waals surface area contributed by atoms with Gasteiger partial charge in [0.25, 0.3) is 0 Å². The van der Waals surface area contributed by atoms with Gasteiger partial charge in [0, 0.05) is 42.9 Å². The Hall–Kier alpha value is -0.460. The summed E-state index contributed by atoms with van der Waals surface area (Å²) >= 11 is 0. The van der Waals surface area contributed by atoms with Gasteiger partial charge < -0.3 is 15.8 Å². The molecule has 0 rings (SSSR count). The molecule has 0 bridgehead atoms. The molecular formula is C10H22N2O3S. The minimum Gasteiger partial charge on any atom is -0.385 e. The van der Waals surface area contributed by atoms with E-state index in [1.54, 1.807) is 7.11 Å². The fourth-order valence-electron chi connectivity index (χ4n) is 1.06. The molecule has 96 valence electrons. The van der Waals surface area contributed by atoms with E-state index < -0.39 is 10.8 Å². The molecule has 5 nitrogen and oxygen atoms in total. The zero-order valence-electron chi connectivity index (χ0n) is 10.0. The standard InChI is InChI=1S/C10H22N2O3S/c1-3-9(11)7-16(14)8-10(13)12-5-4-6-15-2/h9H,3-8,11H2,1-2H3,(H,12,13). The number of nitrogens with two attached hydrogens (primary N) is 1. The van der Waals surface area contributed by atoms with E-state index in [1.165, 1.54) is 0 Å². The summed E-state index contributed by atoms with van der Waals surface area (Å²) in [5.41, 5.74) is 5.65. The van der Waals surface area contributed by atoms with Crippen molar-refractivity contribution in [3.05, 3.63) is 0 Å². The summed E-state index contributed by atoms with van der Waals surface area (Å²) < 4.78 is 16.3. The maximum atomic E-state index is 11.5. The van der Waals surface area contributed by atoms with Crippen molar-refractivity contribution in [2.24, 2.45) is 5.73 Å². The van der Waals surface area contributed by atoms with E-state index >= 15 is 0 Å². The molecule has 0 saturated carbocycles. The van der Waals surface area contributed by atoms with Crippen LogP contribution in [0.2, 0.25) is 0 Å². The summed E-state index contributed by atoms with van der Waals surface area (Å²) in [6, 6.07) is -0.0814. The first-order valence-electron chi connectivity index (χ1n) is 5.46. The lowest BCUT2D eigenvalue weighted by molar-refractivity contribution is -0.118. The number of ether oxygens (including phenoxy) is 1. The molecule has 0 heterocycles. The second-order valence-corrected chi connectivity index (χ2v) is 5.12. The van der Waals surface area contributed by atoms with Gasteiger partial charge in [0.2, 0.25) is 5.91 Å². The highest BCUT2D eigenvalue weighted by molar-refractivity contribution is 7.85. The van der Waals surface area contributed by atoms with Gasteiger partial charge in [-0.05, 0) is 12.8 Å². The fourth-order valence-corrected chi connectivity index (χ4v) is 2.28. The minimum absolute atomic E-state index is 0.0423. The number of carbonyl (C=O) groups excluding carboxylic acids is 1. The number of rotatable bonds is 9. The first-order chi connectivity index (χ1) is 7.60. The van der Waals surface area contributed by atoms with Gasteiger partial charge in [-0.1, -0.05) is 6.92 Å². The molecule has 16 heavy (non-hydrogen) atoms. The van der Waals surface area contributed by atoms with Crippen molar-refractivity contribution < 1.29 is 13.7 Å². The van der Waals surface area contributed by atoms with Crippen molar-refractivity contribution in [2.45, 2.75) is 25.8 Å².